The number of nitrogens with two attached hydrogens (primary N) is 1. The van der Waals surface area contributed by atoms with Crippen LogP contribution in [0.1, 0.15) is 5.69 Å². The van der Waals surface area contributed by atoms with Crippen molar-refractivity contribution in [3.8, 4) is 0 Å². The molecule has 0 saturated heterocycles. The number of hydrogen-bond acceptors (Lipinski definition) is 2. The number of benzene rings is 1. The number of halogens is 2. The van der Waals surface area contributed by atoms with Crippen LogP contribution in [0.15, 0.2) is 22.8 Å². The molecule has 0 aliphatic carbocycles. The lowest BCUT2D eigenvalue weighted by molar-refractivity contribution is 1.23. The summed E-state index contributed by atoms with van der Waals surface area (Å²) in [6, 6.07) is 3.97. The van der Waals surface area contributed by atoms with E-state index in [2.05, 4.69) is 43.5 Å². The molecule has 14 heavy (non-hydrogen) atoms. The van der Waals surface area contributed by atoms with E-state index in [1.165, 1.54) is 0 Å². The highest BCUT2D eigenvalue weighted by molar-refractivity contribution is 14.1. The summed E-state index contributed by atoms with van der Waals surface area (Å²) in [4.78, 5) is 4.25. The molecule has 0 fully saturated rings. The Labute approximate surface area is 104 Å². The maximum Gasteiger partial charge on any atom is 0.0531 e. The Morgan fingerprint density at radius 2 is 2.21 bits per heavy atom. The summed E-state index contributed by atoms with van der Waals surface area (Å²) in [5, 5.41) is 2.17. The lowest BCUT2D eigenvalue weighted by atomic mass is 10.1. The quantitative estimate of drug-likeness (QED) is 0.575. The predicted molar refractivity (Wildman–Crippen MR) is 71.3 cm³/mol. The van der Waals surface area contributed by atoms with Gasteiger partial charge in [0.05, 0.1) is 5.69 Å². The smallest absolute Gasteiger partial charge is 0.0531 e. The van der Waals surface area contributed by atoms with E-state index in [0.29, 0.717) is 0 Å². The van der Waals surface area contributed by atoms with Crippen LogP contribution in [0.5, 0.6) is 0 Å². The summed E-state index contributed by atoms with van der Waals surface area (Å²) < 4.78 is 2.12. The second-order valence-corrected chi connectivity index (χ2v) is 5.09. The van der Waals surface area contributed by atoms with Crippen LogP contribution in [-0.4, -0.2) is 4.98 Å². The van der Waals surface area contributed by atoms with Gasteiger partial charge in [-0.1, -0.05) is 15.9 Å². The summed E-state index contributed by atoms with van der Waals surface area (Å²) in [6.45, 7) is 1.99. The van der Waals surface area contributed by atoms with Gasteiger partial charge >= 0.3 is 0 Å². The van der Waals surface area contributed by atoms with Crippen LogP contribution in [0.25, 0.3) is 10.8 Å². The Morgan fingerprint density at radius 3 is 2.93 bits per heavy atom. The molecule has 0 saturated carbocycles. The number of pyridine rings is 1. The third-order valence-electron chi connectivity index (χ3n) is 2.18. The molecule has 0 radical (unpaired) electrons. The molecule has 2 rings (SSSR count). The average molecular weight is 363 g/mol. The van der Waals surface area contributed by atoms with Gasteiger partial charge in [-0.05, 0) is 41.6 Å². The molecule has 4 heteroatoms. The zero-order valence-corrected chi connectivity index (χ0v) is 11.3. The third kappa shape index (κ3) is 1.50. The molecule has 1 heterocycles. The van der Waals surface area contributed by atoms with E-state index >= 15 is 0 Å². The number of hydrogen-bond donors (Lipinski definition) is 1. The molecule has 0 atom stereocenters. The molecule has 0 bridgehead atoms. The summed E-state index contributed by atoms with van der Waals surface area (Å²) >= 11 is 5.77. The van der Waals surface area contributed by atoms with Crippen LogP contribution >= 0.6 is 38.5 Å². The first-order chi connectivity index (χ1) is 6.61. The minimum Gasteiger partial charge on any atom is -0.397 e. The summed E-state index contributed by atoms with van der Waals surface area (Å²) in [5.41, 5.74) is 7.83. The Bertz CT molecular complexity index is 511. The zero-order valence-electron chi connectivity index (χ0n) is 7.51. The SMILES string of the molecule is Cc1nccc2c(N)c(I)cc(Br)c12. The number of anilines is 1. The number of rotatable bonds is 0. The van der Waals surface area contributed by atoms with Crippen LogP contribution < -0.4 is 5.73 Å². The predicted octanol–water partition coefficient (Wildman–Crippen LogP) is 3.49. The van der Waals surface area contributed by atoms with Crippen LogP contribution in [0.2, 0.25) is 0 Å². The van der Waals surface area contributed by atoms with Crippen molar-refractivity contribution < 1.29 is 0 Å². The van der Waals surface area contributed by atoms with Gasteiger partial charge in [0.15, 0.2) is 0 Å². The van der Waals surface area contributed by atoms with Crippen molar-refractivity contribution in [3.63, 3.8) is 0 Å². The van der Waals surface area contributed by atoms with Crippen molar-refractivity contribution in [2.24, 2.45) is 0 Å². The molecule has 2 nitrogen and oxygen atoms in total. The second kappa shape index (κ2) is 3.66. The molecule has 1 aromatic carbocycles. The molecule has 0 unspecified atom stereocenters. The lowest BCUT2D eigenvalue weighted by Gasteiger charge is -2.08. The van der Waals surface area contributed by atoms with Gasteiger partial charge in [0, 0.05) is 30.7 Å². The van der Waals surface area contributed by atoms with E-state index < -0.39 is 0 Å². The van der Waals surface area contributed by atoms with Crippen LogP contribution in [0.3, 0.4) is 0 Å². The molecule has 72 valence electrons. The summed E-state index contributed by atoms with van der Waals surface area (Å²) in [7, 11) is 0. The fourth-order valence-corrected chi connectivity index (χ4v) is 3.24. The summed E-state index contributed by atoms with van der Waals surface area (Å²) in [5.74, 6) is 0. The first-order valence-corrected chi connectivity index (χ1v) is 5.97. The van der Waals surface area contributed by atoms with Crippen LogP contribution in [0.4, 0.5) is 5.69 Å². The number of fused-ring (bicyclic) bond motifs is 1. The molecule has 1 aromatic heterocycles. The van der Waals surface area contributed by atoms with Gasteiger partial charge in [-0.3, -0.25) is 4.98 Å². The lowest BCUT2D eigenvalue weighted by Crippen LogP contribution is -1.94. The molecular formula is C10H8BrIN2. The van der Waals surface area contributed by atoms with E-state index in [1.807, 2.05) is 19.1 Å². The Kier molecular flexibility index (Phi) is 2.66. The Hall–Kier alpha value is -0.360. The highest BCUT2D eigenvalue weighted by Gasteiger charge is 2.08. The number of aryl methyl sites for hydroxylation is 1. The fraction of sp³-hybridized carbons (Fsp3) is 0.100. The van der Waals surface area contributed by atoms with Crippen molar-refractivity contribution in [2.45, 2.75) is 6.92 Å². The number of nitrogens with zero attached hydrogens (tertiary/aromatic N) is 1. The normalized spacial score (nSPS) is 10.8. The van der Waals surface area contributed by atoms with Crippen molar-refractivity contribution in [1.29, 1.82) is 0 Å². The number of nitrogen functional groups attached to an aromatic ring is 1. The number of aromatic nitrogens is 1. The van der Waals surface area contributed by atoms with Gasteiger partial charge in [0.1, 0.15) is 0 Å². The highest BCUT2D eigenvalue weighted by atomic mass is 127. The minimum atomic E-state index is 0.828. The third-order valence-corrected chi connectivity index (χ3v) is 3.70. The summed E-state index contributed by atoms with van der Waals surface area (Å²) in [6.07, 6.45) is 1.79. The van der Waals surface area contributed by atoms with Gasteiger partial charge in [-0.2, -0.15) is 0 Å². The molecular weight excluding hydrogens is 355 g/mol. The largest absolute Gasteiger partial charge is 0.397 e. The monoisotopic (exact) mass is 362 g/mol. The minimum absolute atomic E-state index is 0.828. The first-order valence-electron chi connectivity index (χ1n) is 4.10. The topological polar surface area (TPSA) is 38.9 Å². The zero-order chi connectivity index (χ0) is 10.3. The van der Waals surface area contributed by atoms with E-state index in [9.17, 15) is 0 Å². The van der Waals surface area contributed by atoms with Gasteiger partial charge in [0.2, 0.25) is 0 Å². The highest BCUT2D eigenvalue weighted by Crippen LogP contribution is 2.33. The van der Waals surface area contributed by atoms with E-state index in [4.69, 9.17) is 5.73 Å². The van der Waals surface area contributed by atoms with Gasteiger partial charge in [-0.25, -0.2) is 0 Å². The molecule has 0 amide bonds. The van der Waals surface area contributed by atoms with Crippen molar-refractivity contribution in [3.05, 3.63) is 32.1 Å². The Balaban J connectivity index is 3.02. The van der Waals surface area contributed by atoms with Crippen molar-refractivity contribution in [1.82, 2.24) is 4.98 Å². The molecule has 0 aliphatic heterocycles. The first kappa shape index (κ1) is 10.2. The molecule has 2 aromatic rings. The molecule has 0 aliphatic rings. The Morgan fingerprint density at radius 1 is 1.50 bits per heavy atom. The average Bonchev–Trinajstić information content (AvgIpc) is 2.14. The van der Waals surface area contributed by atoms with Crippen molar-refractivity contribution in [2.75, 3.05) is 5.73 Å². The second-order valence-electron chi connectivity index (χ2n) is 3.07. The maximum absolute atomic E-state index is 6.00. The van der Waals surface area contributed by atoms with E-state index in [-0.39, 0.29) is 0 Å². The maximum atomic E-state index is 6.00. The van der Waals surface area contributed by atoms with Gasteiger partial charge in [-0.15, -0.1) is 0 Å². The van der Waals surface area contributed by atoms with E-state index in [1.54, 1.807) is 6.20 Å². The fourth-order valence-electron chi connectivity index (χ4n) is 1.48. The standard InChI is InChI=1S/C10H8BrIN2/c1-5-9-6(2-3-14-5)10(13)8(12)4-7(9)11/h2-4H,13H2,1H3. The molecule has 2 N–H and O–H groups in total. The molecule has 0 spiro atoms. The van der Waals surface area contributed by atoms with Crippen LogP contribution in [0, 0.1) is 10.5 Å². The van der Waals surface area contributed by atoms with Gasteiger partial charge < -0.3 is 5.73 Å². The van der Waals surface area contributed by atoms with Gasteiger partial charge in [0.25, 0.3) is 0 Å². The van der Waals surface area contributed by atoms with E-state index in [0.717, 1.165) is 30.2 Å². The van der Waals surface area contributed by atoms with Crippen LogP contribution in [-0.2, 0) is 0 Å². The van der Waals surface area contributed by atoms with Crippen molar-refractivity contribution >= 4 is 55.0 Å².